The summed E-state index contributed by atoms with van der Waals surface area (Å²) in [7, 11) is 0. The first kappa shape index (κ1) is 16.9. The van der Waals surface area contributed by atoms with Crippen molar-refractivity contribution in [2.45, 2.75) is 25.7 Å². The lowest BCUT2D eigenvalue weighted by atomic mass is 9.96. The number of anilines is 1. The van der Waals surface area contributed by atoms with Gasteiger partial charge in [0, 0.05) is 23.1 Å². The second kappa shape index (κ2) is 7.28. The Hall–Kier alpha value is -2.98. The molecule has 6 nitrogen and oxygen atoms in total. The van der Waals surface area contributed by atoms with Gasteiger partial charge in [-0.15, -0.1) is 11.3 Å². The molecule has 1 aliphatic rings. The maximum atomic E-state index is 12.1. The number of thiophene rings is 1. The van der Waals surface area contributed by atoms with Crippen LogP contribution in [0.2, 0.25) is 0 Å². The van der Waals surface area contributed by atoms with Crippen molar-refractivity contribution in [1.82, 2.24) is 0 Å². The number of hydrogen-bond donors (Lipinski definition) is 1. The zero-order valence-corrected chi connectivity index (χ0v) is 14.1. The molecule has 0 atom stereocenters. The van der Waals surface area contributed by atoms with Crippen LogP contribution in [0.3, 0.4) is 0 Å². The van der Waals surface area contributed by atoms with Crippen molar-refractivity contribution in [1.29, 1.82) is 5.26 Å². The Morgan fingerprint density at radius 1 is 1.28 bits per heavy atom. The van der Waals surface area contributed by atoms with Crippen LogP contribution in [0, 0.1) is 21.4 Å². The molecule has 1 N–H and O–H groups in total. The molecule has 0 aliphatic heterocycles. The number of amides is 1. The highest BCUT2D eigenvalue weighted by molar-refractivity contribution is 7.16. The predicted octanol–water partition coefficient (Wildman–Crippen LogP) is 4.06. The van der Waals surface area contributed by atoms with Crippen molar-refractivity contribution < 1.29 is 9.72 Å². The van der Waals surface area contributed by atoms with Crippen LogP contribution in [0.25, 0.3) is 6.08 Å². The molecule has 0 spiro atoms. The number of nitrogens with one attached hydrogen (secondary N) is 1. The first-order valence-electron chi connectivity index (χ1n) is 7.86. The van der Waals surface area contributed by atoms with Crippen LogP contribution >= 0.6 is 11.3 Å². The summed E-state index contributed by atoms with van der Waals surface area (Å²) in [5.41, 5.74) is 2.35. The molecular formula is C18H15N3O3S. The van der Waals surface area contributed by atoms with Crippen molar-refractivity contribution in [3.8, 4) is 6.07 Å². The molecule has 1 heterocycles. The quantitative estimate of drug-likeness (QED) is 0.509. The minimum Gasteiger partial charge on any atom is -0.313 e. The summed E-state index contributed by atoms with van der Waals surface area (Å²) in [6, 6.07) is 8.13. The van der Waals surface area contributed by atoms with Crippen molar-refractivity contribution >= 4 is 34.0 Å². The van der Waals surface area contributed by atoms with E-state index in [1.54, 1.807) is 18.2 Å². The van der Waals surface area contributed by atoms with Gasteiger partial charge in [-0.3, -0.25) is 14.9 Å². The lowest BCUT2D eigenvalue weighted by molar-refractivity contribution is -0.384. The van der Waals surface area contributed by atoms with Crippen LogP contribution in [0.4, 0.5) is 10.7 Å². The molecule has 0 bridgehead atoms. The lowest BCUT2D eigenvalue weighted by Gasteiger charge is -2.09. The third kappa shape index (κ3) is 3.75. The van der Waals surface area contributed by atoms with Gasteiger partial charge in [0.1, 0.15) is 11.1 Å². The summed E-state index contributed by atoms with van der Waals surface area (Å²) in [5.74, 6) is -0.326. The number of nitro benzene ring substituents is 1. The molecule has 1 aliphatic carbocycles. The van der Waals surface area contributed by atoms with Crippen molar-refractivity contribution in [2.75, 3.05) is 5.32 Å². The molecule has 0 radical (unpaired) electrons. The van der Waals surface area contributed by atoms with E-state index in [1.807, 2.05) is 0 Å². The van der Waals surface area contributed by atoms with E-state index in [9.17, 15) is 20.2 Å². The van der Waals surface area contributed by atoms with E-state index in [0.29, 0.717) is 16.1 Å². The van der Waals surface area contributed by atoms with E-state index in [4.69, 9.17) is 0 Å². The number of nitriles is 1. The number of fused-ring (bicyclic) bond motifs is 1. The summed E-state index contributed by atoms with van der Waals surface area (Å²) < 4.78 is 0. The zero-order valence-electron chi connectivity index (χ0n) is 13.3. The molecular weight excluding hydrogens is 338 g/mol. The van der Waals surface area contributed by atoms with Crippen molar-refractivity contribution in [2.24, 2.45) is 0 Å². The lowest BCUT2D eigenvalue weighted by Crippen LogP contribution is -2.07. The highest BCUT2D eigenvalue weighted by Gasteiger charge is 2.21. The first-order chi connectivity index (χ1) is 12.1. The van der Waals surface area contributed by atoms with E-state index in [1.165, 1.54) is 34.4 Å². The average molecular weight is 353 g/mol. The van der Waals surface area contributed by atoms with Crippen molar-refractivity contribution in [3.63, 3.8) is 0 Å². The zero-order chi connectivity index (χ0) is 17.8. The van der Waals surface area contributed by atoms with Crippen LogP contribution < -0.4 is 5.32 Å². The Morgan fingerprint density at radius 3 is 2.68 bits per heavy atom. The fraction of sp³-hybridized carbons (Fsp3) is 0.222. The maximum Gasteiger partial charge on any atom is 0.269 e. The molecule has 3 rings (SSSR count). The summed E-state index contributed by atoms with van der Waals surface area (Å²) in [5, 5.41) is 23.4. The minimum absolute atomic E-state index is 0.00410. The molecule has 0 unspecified atom stereocenters. The third-order valence-electron chi connectivity index (χ3n) is 4.05. The average Bonchev–Trinajstić information content (AvgIpc) is 2.97. The maximum absolute atomic E-state index is 12.1. The summed E-state index contributed by atoms with van der Waals surface area (Å²) >= 11 is 1.48. The van der Waals surface area contributed by atoms with Gasteiger partial charge in [-0.05, 0) is 55.0 Å². The second-order valence-corrected chi connectivity index (χ2v) is 6.80. The summed E-state index contributed by atoms with van der Waals surface area (Å²) in [4.78, 5) is 23.5. The fourth-order valence-corrected chi connectivity index (χ4v) is 4.05. The van der Waals surface area contributed by atoms with Crippen LogP contribution in [-0.2, 0) is 17.6 Å². The van der Waals surface area contributed by atoms with Gasteiger partial charge in [0.15, 0.2) is 0 Å². The Bertz CT molecular complexity index is 892. The van der Waals surface area contributed by atoms with E-state index < -0.39 is 4.92 Å². The van der Waals surface area contributed by atoms with Gasteiger partial charge in [0.2, 0.25) is 5.91 Å². The third-order valence-corrected chi connectivity index (χ3v) is 5.26. The minimum atomic E-state index is -0.470. The standard InChI is InChI=1S/C18H15N3O3S/c19-11-15-14-3-1-2-4-16(14)25-18(15)20-17(22)10-7-12-5-8-13(9-6-12)21(23)24/h5-10H,1-4H2,(H,20,22). The molecule has 126 valence electrons. The van der Waals surface area contributed by atoms with Crippen LogP contribution in [-0.4, -0.2) is 10.8 Å². The molecule has 0 saturated heterocycles. The van der Waals surface area contributed by atoms with Crippen LogP contribution in [0.15, 0.2) is 30.3 Å². The number of hydrogen-bond acceptors (Lipinski definition) is 5. The number of rotatable bonds is 4. The summed E-state index contributed by atoms with van der Waals surface area (Å²) in [6.45, 7) is 0. The van der Waals surface area contributed by atoms with Crippen LogP contribution in [0.5, 0.6) is 0 Å². The smallest absolute Gasteiger partial charge is 0.269 e. The topological polar surface area (TPSA) is 96.0 Å². The fourth-order valence-electron chi connectivity index (χ4n) is 2.80. The van der Waals surface area contributed by atoms with Gasteiger partial charge in [-0.25, -0.2) is 0 Å². The Balaban J connectivity index is 1.71. The molecule has 1 amide bonds. The number of benzene rings is 1. The number of carbonyl (C=O) groups excluding carboxylic acids is 1. The van der Waals surface area contributed by atoms with Crippen molar-refractivity contribution in [3.05, 3.63) is 62.0 Å². The SMILES string of the molecule is N#Cc1c(NC(=O)C=Cc2ccc([N+](=O)[O-])cc2)sc2c1CCCC2. The molecule has 1 aromatic carbocycles. The number of nitrogens with zero attached hydrogens (tertiary/aromatic N) is 2. The molecule has 0 saturated carbocycles. The molecule has 25 heavy (non-hydrogen) atoms. The van der Waals surface area contributed by atoms with E-state index in [2.05, 4.69) is 11.4 Å². The first-order valence-corrected chi connectivity index (χ1v) is 8.68. The van der Waals surface area contributed by atoms with Gasteiger partial charge in [-0.2, -0.15) is 5.26 Å². The van der Waals surface area contributed by atoms with Gasteiger partial charge in [0.05, 0.1) is 10.5 Å². The number of aryl methyl sites for hydroxylation is 1. The van der Waals surface area contributed by atoms with Gasteiger partial charge < -0.3 is 5.32 Å². The number of carbonyl (C=O) groups is 1. The normalized spacial score (nSPS) is 13.2. The number of nitro groups is 1. The highest BCUT2D eigenvalue weighted by atomic mass is 32.1. The molecule has 1 aromatic heterocycles. The van der Waals surface area contributed by atoms with Crippen LogP contribution in [0.1, 0.15) is 34.4 Å². The molecule has 0 fully saturated rings. The Labute approximate surface area is 148 Å². The van der Waals surface area contributed by atoms with E-state index in [-0.39, 0.29) is 11.6 Å². The van der Waals surface area contributed by atoms with Gasteiger partial charge >= 0.3 is 0 Å². The summed E-state index contributed by atoms with van der Waals surface area (Å²) in [6.07, 6.45) is 6.99. The van der Waals surface area contributed by atoms with E-state index in [0.717, 1.165) is 31.2 Å². The number of non-ortho nitro benzene ring substituents is 1. The Kier molecular flexibility index (Phi) is 4.91. The van der Waals surface area contributed by atoms with Gasteiger partial charge in [0.25, 0.3) is 5.69 Å². The second-order valence-electron chi connectivity index (χ2n) is 5.70. The molecule has 7 heteroatoms. The Morgan fingerprint density at radius 2 is 2.00 bits per heavy atom. The largest absolute Gasteiger partial charge is 0.313 e. The van der Waals surface area contributed by atoms with E-state index >= 15 is 0 Å². The highest BCUT2D eigenvalue weighted by Crippen LogP contribution is 2.37. The predicted molar refractivity (Wildman–Crippen MR) is 96.4 cm³/mol. The molecule has 2 aromatic rings. The van der Waals surface area contributed by atoms with Gasteiger partial charge in [-0.1, -0.05) is 0 Å². The monoisotopic (exact) mass is 353 g/mol.